The van der Waals surface area contributed by atoms with Crippen LogP contribution < -0.4 is 65.9 Å². The zero-order chi connectivity index (χ0) is 21.7. The van der Waals surface area contributed by atoms with Gasteiger partial charge in [0.05, 0.1) is 15.9 Å². The zero-order valence-corrected chi connectivity index (χ0v) is 16.5. The summed E-state index contributed by atoms with van der Waals surface area (Å²) in [6.45, 7) is 2.30. The van der Waals surface area contributed by atoms with Gasteiger partial charge < -0.3 is 33.2 Å². The van der Waals surface area contributed by atoms with Crippen molar-refractivity contribution in [2.24, 2.45) is 28.7 Å². The van der Waals surface area contributed by atoms with Crippen molar-refractivity contribution in [3.05, 3.63) is 0 Å². The largest absolute Gasteiger partial charge is 3.00 e. The van der Waals surface area contributed by atoms with Crippen LogP contribution in [0.25, 0.3) is 0 Å². The first-order valence-electron chi connectivity index (χ1n) is 5.56. The Labute approximate surface area is 165 Å². The van der Waals surface area contributed by atoms with E-state index in [0.717, 1.165) is 0 Å². The molecule has 0 aliphatic carbocycles. The molecule has 0 aromatic heterocycles. The molecule has 0 bridgehead atoms. The van der Waals surface area contributed by atoms with Gasteiger partial charge in [-0.2, -0.15) is 0 Å². The van der Waals surface area contributed by atoms with E-state index in [1.54, 1.807) is 0 Å². The first-order valence-corrected chi connectivity index (χ1v) is 9.61. The molecule has 10 N–H and O–H groups in total. The summed E-state index contributed by atoms with van der Waals surface area (Å²) in [4.78, 5) is 0. The maximum Gasteiger partial charge on any atom is 3.00 e. The van der Waals surface area contributed by atoms with Crippen LogP contribution in [0.15, 0.2) is 0 Å². The minimum absolute atomic E-state index is 0. The van der Waals surface area contributed by atoms with Gasteiger partial charge in [0, 0.05) is 32.7 Å². The second kappa shape index (κ2) is 25.5. The monoisotopic (exact) mass is 501 g/mol. The average molecular weight is 502 g/mol. The number of rotatable bonds is 4. The van der Waals surface area contributed by atoms with Gasteiger partial charge in [0.1, 0.15) is 0 Å². The van der Waals surface area contributed by atoms with Gasteiger partial charge in [-0.15, -0.1) is 20.5 Å². The molecule has 26 heavy (non-hydrogen) atoms. The topological polar surface area (TPSA) is 372 Å². The smallest absolute Gasteiger partial charge is 0.748 e. The molecule has 0 aliphatic rings. The van der Waals surface area contributed by atoms with E-state index >= 15 is 0 Å². The summed E-state index contributed by atoms with van der Waals surface area (Å²) >= 11 is 0. The van der Waals surface area contributed by atoms with Crippen LogP contribution in [0.5, 0.6) is 0 Å². The van der Waals surface area contributed by atoms with Crippen molar-refractivity contribution >= 4 is 10.1 Å². The SMILES string of the molecule is NCCN.NCCN.NCCS(=O)(=O)[O-].[Co+3].[O-][Cl+3]([O-])([O-])[O-].[O-][Cl+3]([O-])([O-])[O-]. The second-order valence-electron chi connectivity index (χ2n) is 2.96. The molecule has 0 aliphatic heterocycles. The summed E-state index contributed by atoms with van der Waals surface area (Å²) < 4.78 is 96.7. The van der Waals surface area contributed by atoms with Crippen molar-refractivity contribution in [1.82, 2.24) is 0 Å². The van der Waals surface area contributed by atoms with Crippen LogP contribution in [-0.2, 0) is 26.9 Å². The van der Waals surface area contributed by atoms with Crippen LogP contribution in [0.2, 0.25) is 0 Å². The zero-order valence-electron chi connectivity index (χ0n) is 13.1. The summed E-state index contributed by atoms with van der Waals surface area (Å²) in [6, 6.07) is 0. The summed E-state index contributed by atoms with van der Waals surface area (Å²) in [5, 5.41) is 0. The third kappa shape index (κ3) is 322. The van der Waals surface area contributed by atoms with Gasteiger partial charge in [-0.1, -0.05) is 0 Å². The molecule has 0 radical (unpaired) electrons. The molecule has 0 aromatic carbocycles. The Morgan fingerprint density at radius 1 is 0.577 bits per heavy atom. The molecular formula is C6H22Cl2CoN5O11S. The first kappa shape index (κ1) is 41.0. The Morgan fingerprint density at radius 2 is 0.731 bits per heavy atom. The van der Waals surface area contributed by atoms with E-state index in [2.05, 4.69) is 0 Å². The summed E-state index contributed by atoms with van der Waals surface area (Å²) in [6.07, 6.45) is 0. The predicted molar refractivity (Wildman–Crippen MR) is 59.8 cm³/mol. The van der Waals surface area contributed by atoms with E-state index in [-0.39, 0.29) is 23.3 Å². The molecule has 166 valence electrons. The Hall–Kier alpha value is 0.476. The minimum atomic E-state index is -4.94. The van der Waals surface area contributed by atoms with Crippen LogP contribution >= 0.6 is 0 Å². The maximum absolute atomic E-state index is 9.60. The Balaban J connectivity index is -0.0000000485. The molecule has 20 heteroatoms. The summed E-state index contributed by atoms with van der Waals surface area (Å²) in [7, 11) is -13.9. The van der Waals surface area contributed by atoms with E-state index in [4.69, 9.17) is 65.9 Å². The molecule has 0 atom stereocenters. The maximum atomic E-state index is 9.60. The minimum Gasteiger partial charge on any atom is -0.748 e. The van der Waals surface area contributed by atoms with Gasteiger partial charge in [0.15, 0.2) is 0 Å². The molecule has 0 amide bonds. The normalized spacial score (nSPS) is 10.1. The Morgan fingerprint density at radius 3 is 0.731 bits per heavy atom. The van der Waals surface area contributed by atoms with Gasteiger partial charge in [0.2, 0.25) is 0 Å². The molecule has 0 fully saturated rings. The van der Waals surface area contributed by atoms with Crippen LogP contribution in [0.1, 0.15) is 0 Å². The van der Waals surface area contributed by atoms with Crippen molar-refractivity contribution in [2.45, 2.75) is 0 Å². The molecule has 0 aromatic rings. The molecular weight excluding hydrogens is 480 g/mol. The van der Waals surface area contributed by atoms with Crippen molar-refractivity contribution in [3.8, 4) is 0 Å². The molecule has 0 unspecified atom stereocenters. The second-order valence-corrected chi connectivity index (χ2v) is 6.00. The van der Waals surface area contributed by atoms with Gasteiger partial charge in [0.25, 0.3) is 0 Å². The summed E-state index contributed by atoms with van der Waals surface area (Å²) in [5.74, 6) is -0.465. The molecule has 0 rings (SSSR count). The van der Waals surface area contributed by atoms with Gasteiger partial charge in [-0.3, -0.25) is 0 Å². The predicted octanol–water partition coefficient (Wildman–Crippen LogP) is -13.2. The molecule has 0 saturated heterocycles. The first-order chi connectivity index (χ1) is 10.9. The molecule has 0 spiro atoms. The summed E-state index contributed by atoms with van der Waals surface area (Å²) in [5.41, 5.74) is 24.3. The fourth-order valence-corrected chi connectivity index (χ4v) is 0.433. The van der Waals surface area contributed by atoms with Gasteiger partial charge in [-0.25, -0.2) is 45.7 Å². The van der Waals surface area contributed by atoms with E-state index in [1.807, 2.05) is 0 Å². The Bertz CT molecular complexity index is 311. The van der Waals surface area contributed by atoms with Crippen LogP contribution in [0.3, 0.4) is 0 Å². The van der Waals surface area contributed by atoms with Crippen molar-refractivity contribution in [3.63, 3.8) is 0 Å². The van der Waals surface area contributed by atoms with Crippen LogP contribution in [-0.4, -0.2) is 51.4 Å². The van der Waals surface area contributed by atoms with Crippen molar-refractivity contribution in [2.75, 3.05) is 38.5 Å². The molecule has 0 heterocycles. The van der Waals surface area contributed by atoms with E-state index in [0.29, 0.717) is 26.2 Å². The van der Waals surface area contributed by atoms with Crippen LogP contribution in [0.4, 0.5) is 0 Å². The number of hydrogen-bond acceptors (Lipinski definition) is 16. The Kier molecular flexibility index (Phi) is 40.2. The fourth-order valence-electron chi connectivity index (χ4n) is 0.144. The number of halogens is 2. The van der Waals surface area contributed by atoms with Crippen LogP contribution in [0, 0.1) is 20.5 Å². The van der Waals surface area contributed by atoms with E-state index in [9.17, 15) is 13.0 Å². The number of nitrogens with two attached hydrogens (primary N) is 5. The van der Waals surface area contributed by atoms with E-state index < -0.39 is 36.4 Å². The van der Waals surface area contributed by atoms with Gasteiger partial charge >= 0.3 is 16.8 Å². The number of hydrogen-bond donors (Lipinski definition) is 5. The average Bonchev–Trinajstić information content (AvgIpc) is 2.34. The fraction of sp³-hybridized carbons (Fsp3) is 1.00. The quantitative estimate of drug-likeness (QED) is 0.223. The molecule has 0 saturated carbocycles. The third-order valence-electron chi connectivity index (χ3n) is 0.701. The van der Waals surface area contributed by atoms with Gasteiger partial charge in [-0.05, 0) is 0 Å². The van der Waals surface area contributed by atoms with Crippen molar-refractivity contribution < 1.29 is 87.5 Å². The third-order valence-corrected chi connectivity index (χ3v) is 1.44. The van der Waals surface area contributed by atoms with Crippen molar-refractivity contribution in [1.29, 1.82) is 0 Å². The van der Waals surface area contributed by atoms with E-state index in [1.165, 1.54) is 0 Å². The standard InChI is InChI=1S/2C2H8N2.C2H7NO3S.2ClHO4.Co/c2*3-1-2-4;3-1-2-7(4,5)6;2*2-1(3,4)5;/h2*1-4H2;1-3H2,(H,4,5,6);2*(H,2,3,4,5);/q;;;;;+3/p-3. The molecule has 16 nitrogen and oxygen atoms in total.